The molecule has 9 nitrogen and oxygen atoms in total. The van der Waals surface area contributed by atoms with Crippen LogP contribution >= 0.6 is 0 Å². The van der Waals surface area contributed by atoms with Crippen LogP contribution in [0.3, 0.4) is 0 Å². The van der Waals surface area contributed by atoms with Crippen molar-refractivity contribution < 1.29 is 14.1 Å². The van der Waals surface area contributed by atoms with Gasteiger partial charge in [-0.25, -0.2) is 0 Å². The summed E-state index contributed by atoms with van der Waals surface area (Å²) in [6.45, 7) is 12.8. The van der Waals surface area contributed by atoms with Crippen LogP contribution in [0.2, 0.25) is 0 Å². The van der Waals surface area contributed by atoms with E-state index < -0.39 is 5.92 Å². The number of rotatable bonds is 6. The number of hydrogen-bond acceptors (Lipinski definition) is 6. The maximum Gasteiger partial charge on any atom is 0.230 e. The summed E-state index contributed by atoms with van der Waals surface area (Å²) in [5, 5.41) is 16.5. The molecule has 37 heavy (non-hydrogen) atoms. The third-order valence-electron chi connectivity index (χ3n) is 7.20. The number of likely N-dealkylation sites (tertiary alicyclic amines) is 1. The lowest BCUT2D eigenvalue weighted by Gasteiger charge is -2.19. The number of carbonyl (C=O) groups excluding carboxylic acids is 2. The van der Waals surface area contributed by atoms with Gasteiger partial charge in [-0.15, -0.1) is 10.2 Å². The zero-order valence-electron chi connectivity index (χ0n) is 22.5. The first-order chi connectivity index (χ1) is 17.5. The first-order valence-corrected chi connectivity index (χ1v) is 13.0. The van der Waals surface area contributed by atoms with E-state index in [2.05, 4.69) is 46.0 Å². The summed E-state index contributed by atoms with van der Waals surface area (Å²) in [7, 11) is 0. The minimum atomic E-state index is -0.437. The molecule has 2 aliphatic rings. The molecule has 3 heterocycles. The zero-order valence-corrected chi connectivity index (χ0v) is 22.5. The maximum absolute atomic E-state index is 13.6. The van der Waals surface area contributed by atoms with Crippen LogP contribution in [-0.4, -0.2) is 49.7 Å². The molecule has 1 saturated heterocycles. The van der Waals surface area contributed by atoms with Gasteiger partial charge >= 0.3 is 0 Å². The topological polar surface area (TPSA) is 106 Å². The highest BCUT2D eigenvalue weighted by Crippen LogP contribution is 2.43. The third-order valence-corrected chi connectivity index (χ3v) is 7.20. The largest absolute Gasteiger partial charge is 0.361 e. The summed E-state index contributed by atoms with van der Waals surface area (Å²) < 4.78 is 7.76. The van der Waals surface area contributed by atoms with Crippen molar-refractivity contribution in [2.24, 2.45) is 11.3 Å². The molecular formula is C28H36N6O3. The Bertz CT molecular complexity index is 1330. The van der Waals surface area contributed by atoms with E-state index in [9.17, 15) is 9.59 Å². The van der Waals surface area contributed by atoms with Gasteiger partial charge in [0, 0.05) is 44.2 Å². The van der Waals surface area contributed by atoms with Gasteiger partial charge in [0.2, 0.25) is 11.8 Å². The number of benzene rings is 1. The molecule has 9 heteroatoms. The number of nitrogens with one attached hydrogen (secondary N) is 1. The Hall–Kier alpha value is -3.49. The molecular weight excluding hydrogens is 468 g/mol. The fraction of sp³-hybridized carbons (Fsp3) is 0.536. The van der Waals surface area contributed by atoms with E-state index in [1.807, 2.05) is 38.1 Å². The minimum absolute atomic E-state index is 0.0483. The van der Waals surface area contributed by atoms with Crippen molar-refractivity contribution in [1.82, 2.24) is 24.8 Å². The van der Waals surface area contributed by atoms with Crippen LogP contribution in [0.1, 0.15) is 75.2 Å². The van der Waals surface area contributed by atoms with Gasteiger partial charge in [0.05, 0.1) is 11.8 Å². The molecule has 2 amide bonds. The Morgan fingerprint density at radius 2 is 1.86 bits per heavy atom. The summed E-state index contributed by atoms with van der Waals surface area (Å²) in [5.41, 5.74) is 3.66. The van der Waals surface area contributed by atoms with Gasteiger partial charge < -0.3 is 19.3 Å². The summed E-state index contributed by atoms with van der Waals surface area (Å²) >= 11 is 0. The average molecular weight is 505 g/mol. The molecule has 1 aliphatic carbocycles. The molecule has 1 aromatic carbocycles. The number of aromatic nitrogens is 4. The quantitative estimate of drug-likeness (QED) is 0.523. The van der Waals surface area contributed by atoms with Crippen molar-refractivity contribution in [2.45, 2.75) is 72.8 Å². The number of aryl methyl sites for hydroxylation is 2. The van der Waals surface area contributed by atoms with Crippen molar-refractivity contribution in [1.29, 1.82) is 0 Å². The summed E-state index contributed by atoms with van der Waals surface area (Å²) in [4.78, 5) is 27.7. The van der Waals surface area contributed by atoms with Crippen molar-refractivity contribution >= 4 is 17.5 Å². The minimum Gasteiger partial charge on any atom is -0.361 e. The molecule has 1 N–H and O–H groups in total. The predicted molar refractivity (Wildman–Crippen MR) is 140 cm³/mol. The first kappa shape index (κ1) is 25.2. The fourth-order valence-electron chi connectivity index (χ4n) is 5.22. The van der Waals surface area contributed by atoms with Crippen LogP contribution in [0.5, 0.6) is 0 Å². The highest BCUT2D eigenvalue weighted by Gasteiger charge is 2.44. The maximum atomic E-state index is 13.6. The first-order valence-electron chi connectivity index (χ1n) is 13.0. The molecule has 2 atom stereocenters. The van der Waals surface area contributed by atoms with E-state index in [1.54, 1.807) is 11.8 Å². The summed E-state index contributed by atoms with van der Waals surface area (Å²) in [6.07, 6.45) is 2.81. The second-order valence-electron chi connectivity index (χ2n) is 11.8. The number of nitrogens with zero attached hydrogens (tertiary/aromatic N) is 5. The van der Waals surface area contributed by atoms with Gasteiger partial charge in [0.15, 0.2) is 11.5 Å². The van der Waals surface area contributed by atoms with Crippen molar-refractivity contribution in [3.05, 3.63) is 47.0 Å². The third kappa shape index (κ3) is 5.31. The molecule has 1 aliphatic heterocycles. The van der Waals surface area contributed by atoms with Crippen molar-refractivity contribution in [3.63, 3.8) is 0 Å². The lowest BCUT2D eigenvalue weighted by atomic mass is 9.91. The molecule has 1 saturated carbocycles. The number of amides is 2. The average Bonchev–Trinajstić information content (AvgIpc) is 3.19. The van der Waals surface area contributed by atoms with Gasteiger partial charge in [-0.2, -0.15) is 0 Å². The lowest BCUT2D eigenvalue weighted by Crippen LogP contribution is -2.31. The fourth-order valence-corrected chi connectivity index (χ4v) is 5.22. The van der Waals surface area contributed by atoms with E-state index in [0.717, 1.165) is 47.7 Å². The molecule has 3 aromatic rings. The van der Waals surface area contributed by atoms with Gasteiger partial charge in [-0.3, -0.25) is 9.59 Å². The zero-order chi connectivity index (χ0) is 26.5. The number of anilines is 1. The predicted octanol–water partition coefficient (Wildman–Crippen LogP) is 4.67. The van der Waals surface area contributed by atoms with Gasteiger partial charge in [0.1, 0.15) is 11.6 Å². The lowest BCUT2D eigenvalue weighted by molar-refractivity contribution is -0.128. The molecule has 2 aromatic heterocycles. The van der Waals surface area contributed by atoms with Crippen LogP contribution < -0.4 is 5.32 Å². The van der Waals surface area contributed by atoms with Crippen LogP contribution in [0.4, 0.5) is 5.69 Å². The molecule has 196 valence electrons. The molecule has 0 radical (unpaired) electrons. The second kappa shape index (κ2) is 9.43. The smallest absolute Gasteiger partial charge is 0.230 e. The van der Waals surface area contributed by atoms with Crippen LogP contribution in [0.25, 0.3) is 11.5 Å². The van der Waals surface area contributed by atoms with E-state index in [0.29, 0.717) is 24.6 Å². The Balaban J connectivity index is 1.47. The molecule has 0 spiro atoms. The normalized spacial score (nSPS) is 19.9. The highest BCUT2D eigenvalue weighted by atomic mass is 16.5. The Kier molecular flexibility index (Phi) is 6.41. The second-order valence-corrected chi connectivity index (χ2v) is 11.8. The molecule has 0 unspecified atom stereocenters. The Labute approximate surface area is 217 Å². The van der Waals surface area contributed by atoms with E-state index in [-0.39, 0.29) is 29.2 Å². The van der Waals surface area contributed by atoms with Gasteiger partial charge in [-0.05, 0) is 43.7 Å². The van der Waals surface area contributed by atoms with Crippen LogP contribution in [-0.2, 0) is 16.0 Å². The van der Waals surface area contributed by atoms with Crippen LogP contribution in [0.15, 0.2) is 28.8 Å². The molecule has 0 bridgehead atoms. The Morgan fingerprint density at radius 1 is 1.11 bits per heavy atom. The Morgan fingerprint density at radius 3 is 2.51 bits per heavy atom. The standard InChI is InChI=1S/C28H36N6O3/c1-16-7-10-23(17(2)11-16)29-27(36)22-15-33(18(3)35)14-21(22)25-30-31-26(34(25)19-8-9-19)24-12-20(37-32-24)13-28(4,5)6/h7,10-12,19,21-22H,8-9,13-15H2,1-6H3,(H,29,36)/t21-,22-/m0/s1. The molecule has 5 rings (SSSR count). The van der Waals surface area contributed by atoms with Gasteiger partial charge in [-0.1, -0.05) is 43.6 Å². The number of hydrogen-bond donors (Lipinski definition) is 1. The van der Waals surface area contributed by atoms with Crippen molar-refractivity contribution in [3.8, 4) is 11.5 Å². The monoisotopic (exact) mass is 504 g/mol. The SMILES string of the molecule is CC(=O)N1C[C@H](C(=O)Nc2ccc(C)cc2C)[C@@H](c2nnc(-c3cc(CC(C)(C)C)on3)n2C2CC2)C1. The molecule has 2 fully saturated rings. The van der Waals surface area contributed by atoms with Crippen LogP contribution in [0, 0.1) is 25.2 Å². The highest BCUT2D eigenvalue weighted by molar-refractivity contribution is 5.94. The summed E-state index contributed by atoms with van der Waals surface area (Å²) in [6, 6.07) is 8.17. The number of carbonyl (C=O) groups is 2. The van der Waals surface area contributed by atoms with Crippen molar-refractivity contribution in [2.75, 3.05) is 18.4 Å². The summed E-state index contributed by atoms with van der Waals surface area (Å²) in [5.74, 6) is 1.35. The van der Waals surface area contributed by atoms with E-state index in [4.69, 9.17) is 4.52 Å². The van der Waals surface area contributed by atoms with E-state index in [1.165, 1.54) is 0 Å². The van der Waals surface area contributed by atoms with E-state index >= 15 is 0 Å². The van der Waals surface area contributed by atoms with Gasteiger partial charge in [0.25, 0.3) is 0 Å².